The van der Waals surface area contributed by atoms with Crippen LogP contribution in [0.15, 0.2) is 22.7 Å². The van der Waals surface area contributed by atoms with Gasteiger partial charge in [0.1, 0.15) is 12.1 Å². The van der Waals surface area contributed by atoms with Crippen LogP contribution in [0.1, 0.15) is 19.8 Å². The minimum absolute atomic E-state index is 0.00220. The summed E-state index contributed by atoms with van der Waals surface area (Å²) in [5.41, 5.74) is 0.701. The molecule has 6 heteroatoms. The second-order valence-electron chi connectivity index (χ2n) is 5.17. The lowest BCUT2D eigenvalue weighted by Gasteiger charge is -2.41. The fourth-order valence-electron chi connectivity index (χ4n) is 2.99. The lowest BCUT2D eigenvalue weighted by Crippen LogP contribution is -2.62. The van der Waals surface area contributed by atoms with E-state index < -0.39 is 6.04 Å². The number of halogens is 2. The second kappa shape index (κ2) is 5.04. The van der Waals surface area contributed by atoms with Gasteiger partial charge in [-0.05, 0) is 53.9 Å². The zero-order valence-electron chi connectivity index (χ0n) is 11.0. The summed E-state index contributed by atoms with van der Waals surface area (Å²) in [4.78, 5) is 28.4. The summed E-state index contributed by atoms with van der Waals surface area (Å²) in [5.74, 6) is 0.0200. The minimum Gasteiger partial charge on any atom is -0.329 e. The average Bonchev–Trinajstić information content (AvgIpc) is 2.88. The van der Waals surface area contributed by atoms with Crippen molar-refractivity contribution in [2.24, 2.45) is 0 Å². The molecule has 0 spiro atoms. The van der Waals surface area contributed by atoms with Crippen LogP contribution >= 0.6 is 27.5 Å². The fourth-order valence-corrected chi connectivity index (χ4v) is 3.87. The standard InChI is InChI=1S/C14H14BrClN2O2/c1-8-13(19)17-6-2-3-12(17)14(20)18(8)11-5-4-9(16)7-10(11)15/h4-5,7-8,12H,2-3,6H2,1H3. The summed E-state index contributed by atoms with van der Waals surface area (Å²) in [7, 11) is 0. The van der Waals surface area contributed by atoms with Crippen LogP contribution in [-0.4, -0.2) is 35.3 Å². The highest BCUT2D eigenvalue weighted by atomic mass is 79.9. The van der Waals surface area contributed by atoms with E-state index in [2.05, 4.69) is 15.9 Å². The third kappa shape index (κ3) is 2.04. The van der Waals surface area contributed by atoms with Crippen LogP contribution in [0.25, 0.3) is 0 Å². The number of fused-ring (bicyclic) bond motifs is 1. The third-order valence-electron chi connectivity index (χ3n) is 3.97. The zero-order valence-corrected chi connectivity index (χ0v) is 13.3. The SMILES string of the molecule is CC1C(=O)N2CCCC2C(=O)N1c1ccc(Cl)cc1Br. The molecule has 20 heavy (non-hydrogen) atoms. The first-order chi connectivity index (χ1) is 9.50. The van der Waals surface area contributed by atoms with Gasteiger partial charge in [0.2, 0.25) is 5.91 Å². The molecule has 2 heterocycles. The molecule has 2 unspecified atom stereocenters. The van der Waals surface area contributed by atoms with Crippen molar-refractivity contribution in [1.82, 2.24) is 4.90 Å². The van der Waals surface area contributed by atoms with Gasteiger partial charge in [-0.3, -0.25) is 14.5 Å². The number of anilines is 1. The van der Waals surface area contributed by atoms with Gasteiger partial charge in [-0.15, -0.1) is 0 Å². The Kier molecular flexibility index (Phi) is 3.50. The Labute approximate surface area is 130 Å². The molecule has 0 saturated carbocycles. The van der Waals surface area contributed by atoms with E-state index in [4.69, 9.17) is 11.6 Å². The van der Waals surface area contributed by atoms with Gasteiger partial charge < -0.3 is 4.90 Å². The van der Waals surface area contributed by atoms with E-state index >= 15 is 0 Å². The van der Waals surface area contributed by atoms with Crippen LogP contribution in [0.2, 0.25) is 5.02 Å². The maximum atomic E-state index is 12.7. The van der Waals surface area contributed by atoms with Crippen molar-refractivity contribution in [2.45, 2.75) is 31.8 Å². The van der Waals surface area contributed by atoms with Crippen molar-refractivity contribution in [3.8, 4) is 0 Å². The van der Waals surface area contributed by atoms with Crippen molar-refractivity contribution in [3.05, 3.63) is 27.7 Å². The number of piperazine rings is 1. The molecule has 0 bridgehead atoms. The molecule has 0 aliphatic carbocycles. The lowest BCUT2D eigenvalue weighted by molar-refractivity contribution is -0.143. The second-order valence-corrected chi connectivity index (χ2v) is 6.46. The van der Waals surface area contributed by atoms with Gasteiger partial charge in [0.15, 0.2) is 0 Å². The van der Waals surface area contributed by atoms with Crippen molar-refractivity contribution >= 4 is 45.0 Å². The van der Waals surface area contributed by atoms with E-state index in [1.807, 2.05) is 0 Å². The number of carbonyl (C=O) groups is 2. The zero-order chi connectivity index (χ0) is 14.4. The first-order valence-electron chi connectivity index (χ1n) is 6.59. The molecule has 2 saturated heterocycles. The van der Waals surface area contributed by atoms with Crippen molar-refractivity contribution in [1.29, 1.82) is 0 Å². The Morgan fingerprint density at radius 1 is 1.30 bits per heavy atom. The summed E-state index contributed by atoms with van der Waals surface area (Å²) < 4.78 is 0.726. The smallest absolute Gasteiger partial charge is 0.250 e. The van der Waals surface area contributed by atoms with Gasteiger partial charge in [0, 0.05) is 16.0 Å². The average molecular weight is 358 g/mol. The number of hydrogen-bond acceptors (Lipinski definition) is 2. The first-order valence-corrected chi connectivity index (χ1v) is 7.76. The number of amides is 2. The molecule has 1 aromatic carbocycles. The van der Waals surface area contributed by atoms with E-state index in [0.717, 1.165) is 17.3 Å². The molecule has 2 atom stereocenters. The fraction of sp³-hybridized carbons (Fsp3) is 0.429. The predicted molar refractivity (Wildman–Crippen MR) is 80.8 cm³/mol. The largest absolute Gasteiger partial charge is 0.329 e. The molecule has 106 valence electrons. The molecule has 2 amide bonds. The first kappa shape index (κ1) is 13.9. The molecular formula is C14H14BrClN2O2. The van der Waals surface area contributed by atoms with Crippen molar-refractivity contribution < 1.29 is 9.59 Å². The summed E-state index contributed by atoms with van der Waals surface area (Å²) in [5, 5.41) is 0.589. The van der Waals surface area contributed by atoms with E-state index in [9.17, 15) is 9.59 Å². The normalized spacial score (nSPS) is 26.1. The van der Waals surface area contributed by atoms with Crippen LogP contribution < -0.4 is 4.90 Å². The molecule has 2 fully saturated rings. The number of hydrogen-bond donors (Lipinski definition) is 0. The maximum absolute atomic E-state index is 12.7. The van der Waals surface area contributed by atoms with Crippen LogP contribution in [0.5, 0.6) is 0 Å². The van der Waals surface area contributed by atoms with Gasteiger partial charge in [-0.1, -0.05) is 11.6 Å². The highest BCUT2D eigenvalue weighted by molar-refractivity contribution is 9.10. The molecule has 0 radical (unpaired) electrons. The summed E-state index contributed by atoms with van der Waals surface area (Å²) in [6.07, 6.45) is 1.64. The number of nitrogens with zero attached hydrogens (tertiary/aromatic N) is 2. The van der Waals surface area contributed by atoms with Crippen LogP contribution in [0.4, 0.5) is 5.69 Å². The van der Waals surface area contributed by atoms with Gasteiger partial charge in [-0.25, -0.2) is 0 Å². The monoisotopic (exact) mass is 356 g/mol. The van der Waals surface area contributed by atoms with Crippen LogP contribution in [-0.2, 0) is 9.59 Å². The van der Waals surface area contributed by atoms with E-state index in [1.54, 1.807) is 34.9 Å². The Bertz CT molecular complexity index is 593. The van der Waals surface area contributed by atoms with E-state index in [1.165, 1.54) is 0 Å². The van der Waals surface area contributed by atoms with E-state index in [-0.39, 0.29) is 17.9 Å². The molecular weight excluding hydrogens is 344 g/mol. The van der Waals surface area contributed by atoms with Crippen molar-refractivity contribution in [3.63, 3.8) is 0 Å². The highest BCUT2D eigenvalue weighted by Crippen LogP contribution is 2.35. The Balaban J connectivity index is 2.03. The minimum atomic E-state index is -0.477. The van der Waals surface area contributed by atoms with Crippen LogP contribution in [0, 0.1) is 0 Å². The van der Waals surface area contributed by atoms with Gasteiger partial charge in [-0.2, -0.15) is 0 Å². The number of rotatable bonds is 1. The molecule has 0 N–H and O–H groups in total. The van der Waals surface area contributed by atoms with Crippen LogP contribution in [0.3, 0.4) is 0 Å². The summed E-state index contributed by atoms with van der Waals surface area (Å²) in [6, 6.07) is 4.46. The summed E-state index contributed by atoms with van der Waals surface area (Å²) >= 11 is 9.36. The topological polar surface area (TPSA) is 40.6 Å². The van der Waals surface area contributed by atoms with Gasteiger partial charge >= 0.3 is 0 Å². The molecule has 4 nitrogen and oxygen atoms in total. The summed E-state index contributed by atoms with van der Waals surface area (Å²) in [6.45, 7) is 2.46. The molecule has 3 rings (SSSR count). The van der Waals surface area contributed by atoms with E-state index in [0.29, 0.717) is 17.3 Å². The number of carbonyl (C=O) groups excluding carboxylic acids is 2. The van der Waals surface area contributed by atoms with Gasteiger partial charge in [0.05, 0.1) is 5.69 Å². The Morgan fingerprint density at radius 2 is 2.05 bits per heavy atom. The molecule has 2 aliphatic rings. The quantitative estimate of drug-likeness (QED) is 0.775. The Morgan fingerprint density at radius 3 is 2.75 bits per heavy atom. The maximum Gasteiger partial charge on any atom is 0.250 e. The Hall–Kier alpha value is -1.07. The highest BCUT2D eigenvalue weighted by Gasteiger charge is 2.46. The third-order valence-corrected chi connectivity index (χ3v) is 4.84. The van der Waals surface area contributed by atoms with Gasteiger partial charge in [0.25, 0.3) is 5.91 Å². The molecule has 2 aliphatic heterocycles. The molecule has 1 aromatic rings. The number of benzene rings is 1. The lowest BCUT2D eigenvalue weighted by atomic mass is 10.1. The molecule has 0 aromatic heterocycles. The predicted octanol–water partition coefficient (Wildman–Crippen LogP) is 2.83. The van der Waals surface area contributed by atoms with Crippen molar-refractivity contribution in [2.75, 3.05) is 11.4 Å².